The van der Waals surface area contributed by atoms with E-state index in [1.807, 2.05) is 0 Å². The van der Waals surface area contributed by atoms with Gasteiger partial charge in [-0.1, -0.05) is 17.3 Å². The van der Waals surface area contributed by atoms with Gasteiger partial charge < -0.3 is 4.74 Å². The quantitative estimate of drug-likeness (QED) is 0.761. The normalized spacial score (nSPS) is 27.6. The van der Waals surface area contributed by atoms with E-state index in [-0.39, 0.29) is 16.9 Å². The second kappa shape index (κ2) is 5.90. The SMILES string of the molecule is COC(=O)C12CCC(CC1n1cc(-c3cccc(S(C)(=O)=O)c3)nn1)C2. The van der Waals surface area contributed by atoms with Crippen molar-refractivity contribution in [1.29, 1.82) is 0 Å². The van der Waals surface area contributed by atoms with Gasteiger partial charge in [0.1, 0.15) is 5.69 Å². The van der Waals surface area contributed by atoms with Crippen molar-refractivity contribution in [1.82, 2.24) is 15.0 Å². The molecule has 2 aliphatic rings. The lowest BCUT2D eigenvalue weighted by Gasteiger charge is -2.32. The Bertz CT molecular complexity index is 968. The van der Waals surface area contributed by atoms with E-state index in [1.54, 1.807) is 35.1 Å². The first-order valence-electron chi connectivity index (χ1n) is 8.64. The average molecular weight is 375 g/mol. The van der Waals surface area contributed by atoms with Crippen LogP contribution < -0.4 is 0 Å². The third-order valence-corrected chi connectivity index (χ3v) is 6.94. The zero-order valence-electron chi connectivity index (χ0n) is 14.8. The summed E-state index contributed by atoms with van der Waals surface area (Å²) in [5.74, 6) is 0.346. The minimum Gasteiger partial charge on any atom is -0.469 e. The fourth-order valence-corrected chi connectivity index (χ4v) is 5.23. The summed E-state index contributed by atoms with van der Waals surface area (Å²) in [5.41, 5.74) is 0.770. The van der Waals surface area contributed by atoms with E-state index in [1.165, 1.54) is 13.4 Å². The topological polar surface area (TPSA) is 91.2 Å². The molecule has 138 valence electrons. The molecule has 0 spiro atoms. The van der Waals surface area contributed by atoms with Crippen molar-refractivity contribution in [2.45, 2.75) is 36.6 Å². The smallest absolute Gasteiger partial charge is 0.313 e. The van der Waals surface area contributed by atoms with Crippen molar-refractivity contribution >= 4 is 15.8 Å². The highest BCUT2D eigenvalue weighted by molar-refractivity contribution is 7.90. The number of carbonyl (C=O) groups excluding carboxylic acids is 1. The first-order valence-corrected chi connectivity index (χ1v) is 10.5. The molecule has 2 bridgehead atoms. The van der Waals surface area contributed by atoms with Gasteiger partial charge in [-0.2, -0.15) is 0 Å². The molecule has 7 nitrogen and oxygen atoms in total. The van der Waals surface area contributed by atoms with Gasteiger partial charge in [0.05, 0.1) is 29.7 Å². The van der Waals surface area contributed by atoms with Crippen molar-refractivity contribution in [3.05, 3.63) is 30.5 Å². The number of methoxy groups -OCH3 is 1. The van der Waals surface area contributed by atoms with Gasteiger partial charge >= 0.3 is 5.97 Å². The maximum Gasteiger partial charge on any atom is 0.313 e. The maximum absolute atomic E-state index is 12.5. The van der Waals surface area contributed by atoms with E-state index in [4.69, 9.17) is 4.74 Å². The van der Waals surface area contributed by atoms with E-state index in [2.05, 4.69) is 10.3 Å². The molecule has 4 rings (SSSR count). The van der Waals surface area contributed by atoms with Gasteiger partial charge in [0.25, 0.3) is 0 Å². The Morgan fingerprint density at radius 2 is 2.19 bits per heavy atom. The summed E-state index contributed by atoms with van der Waals surface area (Å²) in [7, 11) is -1.86. The fraction of sp³-hybridized carbons (Fsp3) is 0.500. The number of rotatable bonds is 4. The Labute approximate surface area is 152 Å². The molecule has 1 aromatic carbocycles. The first-order chi connectivity index (χ1) is 12.3. The van der Waals surface area contributed by atoms with Crippen LogP contribution in [0.3, 0.4) is 0 Å². The number of ether oxygens (including phenoxy) is 1. The van der Waals surface area contributed by atoms with Crippen molar-refractivity contribution in [3.8, 4) is 11.3 Å². The summed E-state index contributed by atoms with van der Waals surface area (Å²) >= 11 is 0. The second-order valence-electron chi connectivity index (χ2n) is 7.39. The number of esters is 1. The van der Waals surface area contributed by atoms with Crippen molar-refractivity contribution < 1.29 is 17.9 Å². The highest BCUT2D eigenvalue weighted by Gasteiger charge is 2.58. The van der Waals surface area contributed by atoms with E-state index in [0.717, 1.165) is 25.7 Å². The summed E-state index contributed by atoms with van der Waals surface area (Å²) < 4.78 is 30.4. The fourth-order valence-electron chi connectivity index (χ4n) is 4.56. The predicted octanol–water partition coefficient (Wildman–Crippen LogP) is 2.25. The lowest BCUT2D eigenvalue weighted by Crippen LogP contribution is -2.37. The molecule has 2 saturated carbocycles. The molecule has 2 aliphatic carbocycles. The number of benzene rings is 1. The molecule has 0 amide bonds. The molecule has 26 heavy (non-hydrogen) atoms. The van der Waals surface area contributed by atoms with Gasteiger partial charge in [-0.3, -0.25) is 4.79 Å². The molecule has 0 aliphatic heterocycles. The van der Waals surface area contributed by atoms with Crippen molar-refractivity contribution in [2.75, 3.05) is 13.4 Å². The minimum atomic E-state index is -3.29. The summed E-state index contributed by atoms with van der Waals surface area (Å²) in [4.78, 5) is 12.7. The standard InChI is InChI=1S/C18H21N3O4S/c1-25-17(22)18-7-6-12(10-18)8-16(18)21-11-15(19-20-21)13-4-3-5-14(9-13)26(2,23)24/h3-5,9,11-12,16H,6-8,10H2,1-2H3. The number of sulfone groups is 1. The van der Waals surface area contributed by atoms with Gasteiger partial charge in [-0.15, -0.1) is 5.10 Å². The lowest BCUT2D eigenvalue weighted by molar-refractivity contribution is -0.154. The molecule has 0 N–H and O–H groups in total. The van der Waals surface area contributed by atoms with Crippen molar-refractivity contribution in [3.63, 3.8) is 0 Å². The Morgan fingerprint density at radius 3 is 2.88 bits per heavy atom. The van der Waals surface area contributed by atoms with Gasteiger partial charge in [-0.05, 0) is 43.7 Å². The number of carbonyl (C=O) groups is 1. The Balaban J connectivity index is 1.68. The number of hydrogen-bond acceptors (Lipinski definition) is 6. The summed E-state index contributed by atoms with van der Waals surface area (Å²) in [5, 5.41) is 8.48. The summed E-state index contributed by atoms with van der Waals surface area (Å²) in [6, 6.07) is 6.59. The van der Waals surface area contributed by atoms with E-state index >= 15 is 0 Å². The number of aromatic nitrogens is 3. The van der Waals surface area contributed by atoms with Crippen LogP contribution in [0.1, 0.15) is 31.7 Å². The Kier molecular flexibility index (Phi) is 3.91. The number of fused-ring (bicyclic) bond motifs is 2. The molecule has 0 radical (unpaired) electrons. The highest BCUT2D eigenvalue weighted by atomic mass is 32.2. The Hall–Kier alpha value is -2.22. The minimum absolute atomic E-state index is 0.0620. The van der Waals surface area contributed by atoms with Crippen LogP contribution in [0.25, 0.3) is 11.3 Å². The van der Waals surface area contributed by atoms with Gasteiger partial charge in [0.2, 0.25) is 0 Å². The molecule has 0 saturated heterocycles. The molecule has 8 heteroatoms. The van der Waals surface area contributed by atoms with Crippen LogP contribution in [0.5, 0.6) is 0 Å². The highest BCUT2D eigenvalue weighted by Crippen LogP contribution is 2.60. The van der Waals surface area contributed by atoms with Crippen LogP contribution in [0.2, 0.25) is 0 Å². The largest absolute Gasteiger partial charge is 0.469 e. The molecular formula is C18H21N3O4S. The Morgan fingerprint density at radius 1 is 1.38 bits per heavy atom. The van der Waals surface area contributed by atoms with E-state index in [0.29, 0.717) is 17.2 Å². The van der Waals surface area contributed by atoms with Crippen LogP contribution in [0.15, 0.2) is 35.4 Å². The third kappa shape index (κ3) is 2.63. The van der Waals surface area contributed by atoms with Gasteiger partial charge in [0, 0.05) is 11.8 Å². The molecule has 2 fully saturated rings. The molecule has 1 heterocycles. The maximum atomic E-state index is 12.5. The second-order valence-corrected chi connectivity index (χ2v) is 9.41. The van der Waals surface area contributed by atoms with Crippen molar-refractivity contribution in [2.24, 2.45) is 11.3 Å². The average Bonchev–Trinajstić information content (AvgIpc) is 3.34. The van der Waals surface area contributed by atoms with Crippen LogP contribution in [0, 0.1) is 11.3 Å². The zero-order chi connectivity index (χ0) is 18.5. The summed E-state index contributed by atoms with van der Waals surface area (Å²) in [6.45, 7) is 0. The molecule has 1 aromatic heterocycles. The predicted molar refractivity (Wildman–Crippen MR) is 94.0 cm³/mol. The lowest BCUT2D eigenvalue weighted by atomic mass is 9.80. The molecular weight excluding hydrogens is 354 g/mol. The van der Waals surface area contributed by atoms with Gasteiger partial charge in [-0.25, -0.2) is 13.1 Å². The number of nitrogens with zero attached hydrogens (tertiary/aromatic N) is 3. The molecule has 3 atom stereocenters. The van der Waals surface area contributed by atoms with Crippen LogP contribution in [0.4, 0.5) is 0 Å². The van der Waals surface area contributed by atoms with Gasteiger partial charge in [0.15, 0.2) is 9.84 Å². The monoisotopic (exact) mass is 375 g/mol. The summed E-state index contributed by atoms with van der Waals surface area (Å²) in [6.07, 6.45) is 6.57. The number of hydrogen-bond donors (Lipinski definition) is 0. The van der Waals surface area contributed by atoms with Crippen LogP contribution >= 0.6 is 0 Å². The van der Waals surface area contributed by atoms with E-state index < -0.39 is 15.3 Å². The van der Waals surface area contributed by atoms with E-state index in [9.17, 15) is 13.2 Å². The first kappa shape index (κ1) is 17.2. The molecule has 2 aromatic rings. The molecule has 3 unspecified atom stereocenters. The van der Waals surface area contributed by atoms with Crippen LogP contribution in [-0.4, -0.2) is 42.7 Å². The van der Waals surface area contributed by atoms with Crippen LogP contribution in [-0.2, 0) is 19.4 Å². The third-order valence-electron chi connectivity index (χ3n) is 5.83. The zero-order valence-corrected chi connectivity index (χ0v) is 15.6.